The Labute approximate surface area is 108 Å². The average molecular weight is 290 g/mol. The van der Waals surface area contributed by atoms with Crippen LogP contribution in [0.15, 0.2) is 0 Å². The third-order valence-corrected chi connectivity index (χ3v) is 4.28. The van der Waals surface area contributed by atoms with Crippen LogP contribution in [0.25, 0.3) is 0 Å². The lowest BCUT2D eigenvalue weighted by molar-refractivity contribution is -0.0119. The van der Waals surface area contributed by atoms with E-state index in [9.17, 15) is 0 Å². The number of rotatable bonds is 5. The Hall–Kier alpha value is 0.400. The minimum Gasteiger partial charge on any atom is -0.377 e. The Morgan fingerprint density at radius 3 is 2.44 bits per heavy atom. The van der Waals surface area contributed by atoms with Crippen molar-refractivity contribution in [2.45, 2.75) is 57.1 Å². The van der Waals surface area contributed by atoms with Crippen LogP contribution in [-0.4, -0.2) is 42.1 Å². The Kier molecular flexibility index (Phi) is 5.60. The zero-order chi connectivity index (χ0) is 11.2. The van der Waals surface area contributed by atoms with Crippen molar-refractivity contribution < 1.29 is 4.74 Å². The maximum atomic E-state index is 5.86. The van der Waals surface area contributed by atoms with Crippen LogP contribution in [0.2, 0.25) is 0 Å². The van der Waals surface area contributed by atoms with Gasteiger partial charge in [0, 0.05) is 31.1 Å². The highest BCUT2D eigenvalue weighted by Gasteiger charge is 2.25. The second-order valence-electron chi connectivity index (χ2n) is 5.11. The van der Waals surface area contributed by atoms with E-state index in [0.29, 0.717) is 6.10 Å². The van der Waals surface area contributed by atoms with E-state index < -0.39 is 0 Å². The molecule has 0 amide bonds. The predicted octanol–water partition coefficient (Wildman–Crippen LogP) is 3.20. The van der Waals surface area contributed by atoms with Gasteiger partial charge in [0.05, 0.1) is 6.10 Å². The van der Waals surface area contributed by atoms with Crippen LogP contribution in [-0.2, 0) is 4.74 Å². The fraction of sp³-hybridized carbons (Fsp3) is 1.00. The minimum atomic E-state index is 0.508. The van der Waals surface area contributed by atoms with Crippen molar-refractivity contribution in [2.75, 3.05) is 25.0 Å². The number of alkyl halides is 1. The zero-order valence-electron chi connectivity index (χ0n) is 10.2. The molecule has 1 aliphatic carbocycles. The van der Waals surface area contributed by atoms with Gasteiger partial charge in [0.25, 0.3) is 0 Å². The number of hydrogen-bond donors (Lipinski definition) is 0. The van der Waals surface area contributed by atoms with E-state index in [1.165, 1.54) is 51.5 Å². The molecule has 2 rings (SSSR count). The van der Waals surface area contributed by atoms with Gasteiger partial charge < -0.3 is 4.74 Å². The smallest absolute Gasteiger partial charge is 0.0702 e. The molecule has 2 aliphatic rings. The molecule has 0 N–H and O–H groups in total. The summed E-state index contributed by atoms with van der Waals surface area (Å²) in [5.74, 6) is 0. The van der Waals surface area contributed by atoms with Gasteiger partial charge >= 0.3 is 0 Å². The molecule has 0 aromatic heterocycles. The van der Waals surface area contributed by atoms with E-state index in [4.69, 9.17) is 4.74 Å². The van der Waals surface area contributed by atoms with E-state index in [1.54, 1.807) is 0 Å². The van der Waals surface area contributed by atoms with E-state index in [1.807, 2.05) is 0 Å². The fourth-order valence-electron chi connectivity index (χ4n) is 3.01. The molecular formula is C13H24BrNO. The van der Waals surface area contributed by atoms with Gasteiger partial charge in [-0.2, -0.15) is 0 Å². The van der Waals surface area contributed by atoms with Gasteiger partial charge in [0.15, 0.2) is 0 Å². The molecule has 2 fully saturated rings. The Balaban J connectivity index is 1.80. The summed E-state index contributed by atoms with van der Waals surface area (Å²) in [4.78, 5) is 2.66. The van der Waals surface area contributed by atoms with Crippen LogP contribution >= 0.6 is 15.9 Å². The second kappa shape index (κ2) is 6.97. The van der Waals surface area contributed by atoms with Gasteiger partial charge in [-0.25, -0.2) is 0 Å². The molecule has 1 saturated carbocycles. The minimum absolute atomic E-state index is 0.508. The Bertz CT molecular complexity index is 188. The predicted molar refractivity (Wildman–Crippen MR) is 71.2 cm³/mol. The number of hydrogen-bond acceptors (Lipinski definition) is 2. The fourth-order valence-corrected chi connectivity index (χ4v) is 3.47. The first-order valence-corrected chi connectivity index (χ1v) is 7.94. The van der Waals surface area contributed by atoms with Gasteiger partial charge in [0.2, 0.25) is 0 Å². The lowest BCUT2D eigenvalue weighted by Crippen LogP contribution is -2.42. The van der Waals surface area contributed by atoms with Gasteiger partial charge in [-0.3, -0.25) is 4.90 Å². The van der Waals surface area contributed by atoms with E-state index in [0.717, 1.165) is 24.5 Å². The molecule has 2 nitrogen and oxygen atoms in total. The number of nitrogens with zero attached hydrogens (tertiary/aromatic N) is 1. The van der Waals surface area contributed by atoms with Crippen molar-refractivity contribution in [1.82, 2.24) is 4.90 Å². The van der Waals surface area contributed by atoms with Crippen LogP contribution in [0.3, 0.4) is 0 Å². The summed E-state index contributed by atoms with van der Waals surface area (Å²) in [6, 6.07) is 0.836. The average Bonchev–Trinajstić information content (AvgIpc) is 2.83. The van der Waals surface area contributed by atoms with E-state index in [-0.39, 0.29) is 0 Å². The number of ether oxygens (including phenoxy) is 1. The van der Waals surface area contributed by atoms with Crippen LogP contribution in [0.5, 0.6) is 0 Å². The lowest BCUT2D eigenvalue weighted by atomic mass is 10.1. The van der Waals surface area contributed by atoms with E-state index >= 15 is 0 Å². The molecule has 16 heavy (non-hydrogen) atoms. The molecule has 1 unspecified atom stereocenters. The third kappa shape index (κ3) is 3.71. The summed E-state index contributed by atoms with van der Waals surface area (Å²) < 4.78 is 5.86. The molecule has 0 radical (unpaired) electrons. The van der Waals surface area contributed by atoms with Crippen molar-refractivity contribution >= 4 is 15.9 Å². The standard InChI is InChI=1S/C13H24BrNO/c14-8-9-15(12-5-1-2-6-12)11-13-7-3-4-10-16-13/h12-13H,1-11H2. The normalized spacial score (nSPS) is 27.8. The maximum Gasteiger partial charge on any atom is 0.0702 e. The molecule has 1 heterocycles. The van der Waals surface area contributed by atoms with Gasteiger partial charge in [-0.05, 0) is 32.1 Å². The molecule has 1 aliphatic heterocycles. The molecule has 94 valence electrons. The first-order valence-electron chi connectivity index (χ1n) is 6.82. The summed E-state index contributed by atoms with van der Waals surface area (Å²) in [5, 5.41) is 1.09. The molecule has 0 aromatic carbocycles. The van der Waals surface area contributed by atoms with Crippen molar-refractivity contribution in [1.29, 1.82) is 0 Å². The Morgan fingerprint density at radius 2 is 1.81 bits per heavy atom. The van der Waals surface area contributed by atoms with Gasteiger partial charge in [-0.1, -0.05) is 28.8 Å². The first-order chi connectivity index (χ1) is 7.90. The van der Waals surface area contributed by atoms with E-state index in [2.05, 4.69) is 20.8 Å². The molecule has 0 aromatic rings. The molecule has 1 atom stereocenters. The largest absolute Gasteiger partial charge is 0.377 e. The van der Waals surface area contributed by atoms with Crippen molar-refractivity contribution in [2.24, 2.45) is 0 Å². The van der Waals surface area contributed by atoms with Gasteiger partial charge in [0.1, 0.15) is 0 Å². The number of halogens is 1. The molecule has 3 heteroatoms. The van der Waals surface area contributed by atoms with Crippen LogP contribution < -0.4 is 0 Å². The second-order valence-corrected chi connectivity index (χ2v) is 5.90. The monoisotopic (exact) mass is 289 g/mol. The third-order valence-electron chi connectivity index (χ3n) is 3.92. The SMILES string of the molecule is BrCCN(CC1CCCCO1)C1CCCC1. The quantitative estimate of drug-likeness (QED) is 0.721. The van der Waals surface area contributed by atoms with Crippen LogP contribution in [0, 0.1) is 0 Å². The molecule has 0 bridgehead atoms. The molecule has 0 spiro atoms. The highest BCUT2D eigenvalue weighted by atomic mass is 79.9. The summed E-state index contributed by atoms with van der Waals surface area (Å²) in [5.41, 5.74) is 0. The Morgan fingerprint density at radius 1 is 1.06 bits per heavy atom. The van der Waals surface area contributed by atoms with Gasteiger partial charge in [-0.15, -0.1) is 0 Å². The maximum absolute atomic E-state index is 5.86. The highest BCUT2D eigenvalue weighted by molar-refractivity contribution is 9.09. The highest BCUT2D eigenvalue weighted by Crippen LogP contribution is 2.25. The van der Waals surface area contributed by atoms with Crippen molar-refractivity contribution in [3.8, 4) is 0 Å². The summed E-state index contributed by atoms with van der Waals surface area (Å²) in [6.07, 6.45) is 10.1. The van der Waals surface area contributed by atoms with Crippen LogP contribution in [0.4, 0.5) is 0 Å². The topological polar surface area (TPSA) is 12.5 Å². The zero-order valence-corrected chi connectivity index (χ0v) is 11.8. The lowest BCUT2D eigenvalue weighted by Gasteiger charge is -2.33. The summed E-state index contributed by atoms with van der Waals surface area (Å²) in [6.45, 7) is 3.33. The molecular weight excluding hydrogens is 266 g/mol. The summed E-state index contributed by atoms with van der Waals surface area (Å²) >= 11 is 3.58. The molecule has 1 saturated heterocycles. The van der Waals surface area contributed by atoms with Crippen molar-refractivity contribution in [3.05, 3.63) is 0 Å². The summed E-state index contributed by atoms with van der Waals surface area (Å²) in [7, 11) is 0. The van der Waals surface area contributed by atoms with Crippen LogP contribution in [0.1, 0.15) is 44.9 Å². The van der Waals surface area contributed by atoms with Crippen molar-refractivity contribution in [3.63, 3.8) is 0 Å². The first kappa shape index (κ1) is 12.8.